The molecule has 1 aliphatic rings. The standard InChI is InChI=1S/C32H30ClN3O6S/c1-22-12-17-28(41-2)30(18-22)43(39,40)36(25-15-13-24(33)14-16-25)21-31(37)35-20-29(42-27-11-7-6-10-26(27)35)32(38)34-19-23-8-4-3-5-9-23/h3-18,29H,19-21H2,1-2H3,(H,34,38). The largest absolute Gasteiger partial charge is 0.495 e. The fourth-order valence-electron chi connectivity index (χ4n) is 4.74. The number of hydrogen-bond donors (Lipinski definition) is 1. The summed E-state index contributed by atoms with van der Waals surface area (Å²) in [6.45, 7) is 1.38. The maximum atomic E-state index is 14.2. The molecule has 1 unspecified atom stereocenters. The molecule has 0 saturated carbocycles. The van der Waals surface area contributed by atoms with E-state index < -0.39 is 34.5 Å². The molecule has 43 heavy (non-hydrogen) atoms. The van der Waals surface area contributed by atoms with Gasteiger partial charge in [-0.2, -0.15) is 0 Å². The van der Waals surface area contributed by atoms with Crippen molar-refractivity contribution < 1.29 is 27.5 Å². The summed E-state index contributed by atoms with van der Waals surface area (Å²) in [6, 6.07) is 27.2. The van der Waals surface area contributed by atoms with Crippen molar-refractivity contribution in [2.45, 2.75) is 24.5 Å². The van der Waals surface area contributed by atoms with Crippen molar-refractivity contribution >= 4 is 44.8 Å². The lowest BCUT2D eigenvalue weighted by atomic mass is 10.1. The van der Waals surface area contributed by atoms with Crippen LogP contribution in [0.3, 0.4) is 0 Å². The summed E-state index contributed by atoms with van der Waals surface area (Å²) >= 11 is 6.10. The van der Waals surface area contributed by atoms with E-state index in [0.29, 0.717) is 22.0 Å². The number of nitrogens with one attached hydrogen (secondary N) is 1. The highest BCUT2D eigenvalue weighted by Crippen LogP contribution is 2.35. The number of sulfonamides is 1. The second-order valence-electron chi connectivity index (χ2n) is 9.92. The number of halogens is 1. The Morgan fingerprint density at radius 1 is 1.00 bits per heavy atom. The molecule has 0 aliphatic carbocycles. The van der Waals surface area contributed by atoms with Crippen molar-refractivity contribution in [1.82, 2.24) is 5.32 Å². The van der Waals surface area contributed by atoms with E-state index in [-0.39, 0.29) is 29.4 Å². The number of para-hydroxylation sites is 2. The van der Waals surface area contributed by atoms with E-state index in [4.69, 9.17) is 21.1 Å². The normalized spacial score (nSPS) is 14.3. The number of benzene rings is 4. The smallest absolute Gasteiger partial charge is 0.268 e. The average Bonchev–Trinajstić information content (AvgIpc) is 3.02. The highest BCUT2D eigenvalue weighted by molar-refractivity contribution is 7.93. The van der Waals surface area contributed by atoms with E-state index in [2.05, 4.69) is 5.32 Å². The van der Waals surface area contributed by atoms with Crippen LogP contribution in [0.15, 0.2) is 102 Å². The molecule has 1 N–H and O–H groups in total. The topological polar surface area (TPSA) is 105 Å². The van der Waals surface area contributed by atoms with Crippen molar-refractivity contribution in [3.8, 4) is 11.5 Å². The summed E-state index contributed by atoms with van der Waals surface area (Å²) in [5.74, 6) is -0.475. The Kier molecular flexibility index (Phi) is 8.89. The summed E-state index contributed by atoms with van der Waals surface area (Å²) in [7, 11) is -2.92. The van der Waals surface area contributed by atoms with Gasteiger partial charge in [0.25, 0.3) is 15.9 Å². The van der Waals surface area contributed by atoms with Crippen LogP contribution in [0.25, 0.3) is 0 Å². The molecule has 0 aromatic heterocycles. The molecule has 4 aromatic rings. The van der Waals surface area contributed by atoms with Gasteiger partial charge in [-0.05, 0) is 66.6 Å². The van der Waals surface area contributed by atoms with Crippen LogP contribution in [-0.4, -0.2) is 46.5 Å². The first-order chi connectivity index (χ1) is 20.7. The molecule has 0 spiro atoms. The van der Waals surface area contributed by atoms with Crippen molar-refractivity contribution in [3.05, 3.63) is 113 Å². The molecular weight excluding hydrogens is 590 g/mol. The van der Waals surface area contributed by atoms with Gasteiger partial charge in [-0.25, -0.2) is 8.42 Å². The molecule has 4 aromatic carbocycles. The molecular formula is C32H30ClN3O6S. The lowest BCUT2D eigenvalue weighted by Crippen LogP contribution is -2.53. The summed E-state index contributed by atoms with van der Waals surface area (Å²) in [6.07, 6.45) is -1.01. The predicted octanol–water partition coefficient (Wildman–Crippen LogP) is 4.96. The van der Waals surface area contributed by atoms with Gasteiger partial charge in [0.05, 0.1) is 25.0 Å². The predicted molar refractivity (Wildman–Crippen MR) is 165 cm³/mol. The highest BCUT2D eigenvalue weighted by Gasteiger charge is 2.37. The minimum Gasteiger partial charge on any atom is -0.495 e. The van der Waals surface area contributed by atoms with Gasteiger partial charge in [0, 0.05) is 11.6 Å². The van der Waals surface area contributed by atoms with Crippen LogP contribution in [0.2, 0.25) is 5.02 Å². The summed E-state index contributed by atoms with van der Waals surface area (Å²) in [4.78, 5) is 28.5. The first-order valence-corrected chi connectivity index (χ1v) is 15.3. The zero-order valence-corrected chi connectivity index (χ0v) is 25.1. The first-order valence-electron chi connectivity index (χ1n) is 13.5. The number of ether oxygens (including phenoxy) is 2. The number of methoxy groups -OCH3 is 1. The average molecular weight is 620 g/mol. The second-order valence-corrected chi connectivity index (χ2v) is 12.2. The van der Waals surface area contributed by atoms with E-state index >= 15 is 0 Å². The Balaban J connectivity index is 1.46. The van der Waals surface area contributed by atoms with Crippen molar-refractivity contribution in [3.63, 3.8) is 0 Å². The molecule has 2 amide bonds. The summed E-state index contributed by atoms with van der Waals surface area (Å²) in [5.41, 5.74) is 2.28. The van der Waals surface area contributed by atoms with E-state index in [1.165, 1.54) is 30.2 Å². The molecule has 222 valence electrons. The van der Waals surface area contributed by atoms with Gasteiger partial charge in [-0.3, -0.25) is 13.9 Å². The minimum absolute atomic E-state index is 0.0849. The fraction of sp³-hybridized carbons (Fsp3) is 0.188. The molecule has 0 radical (unpaired) electrons. The molecule has 1 aliphatic heterocycles. The van der Waals surface area contributed by atoms with Gasteiger partial charge in [0.1, 0.15) is 22.9 Å². The number of anilines is 2. The van der Waals surface area contributed by atoms with Crippen LogP contribution in [0.5, 0.6) is 11.5 Å². The van der Waals surface area contributed by atoms with Crippen LogP contribution in [0.1, 0.15) is 11.1 Å². The number of fused-ring (bicyclic) bond motifs is 1. The maximum Gasteiger partial charge on any atom is 0.268 e. The molecule has 1 heterocycles. The van der Waals surface area contributed by atoms with Crippen LogP contribution >= 0.6 is 11.6 Å². The van der Waals surface area contributed by atoms with Gasteiger partial charge in [0.2, 0.25) is 5.91 Å². The van der Waals surface area contributed by atoms with Gasteiger partial charge >= 0.3 is 0 Å². The second kappa shape index (κ2) is 12.8. The molecule has 9 nitrogen and oxygen atoms in total. The molecule has 0 bridgehead atoms. The third-order valence-corrected chi connectivity index (χ3v) is 9.00. The van der Waals surface area contributed by atoms with Crippen LogP contribution in [-0.2, 0) is 26.2 Å². The number of hydrogen-bond acceptors (Lipinski definition) is 6. The van der Waals surface area contributed by atoms with Crippen molar-refractivity contribution in [2.75, 3.05) is 29.4 Å². The van der Waals surface area contributed by atoms with Crippen LogP contribution < -0.4 is 24.0 Å². The number of rotatable bonds is 9. The lowest BCUT2D eigenvalue weighted by molar-refractivity contribution is -0.128. The zero-order valence-electron chi connectivity index (χ0n) is 23.6. The monoisotopic (exact) mass is 619 g/mol. The SMILES string of the molecule is COc1ccc(C)cc1S(=O)(=O)N(CC(=O)N1CC(C(=O)NCc2ccccc2)Oc2ccccc21)c1ccc(Cl)cc1. The maximum absolute atomic E-state index is 14.2. The minimum atomic E-state index is -4.31. The number of carbonyl (C=O) groups excluding carboxylic acids is 2. The molecule has 11 heteroatoms. The van der Waals surface area contributed by atoms with Crippen LogP contribution in [0, 0.1) is 6.92 Å². The Labute approximate surface area is 255 Å². The molecule has 5 rings (SSSR count). The Hall–Kier alpha value is -4.54. The quantitative estimate of drug-likeness (QED) is 0.284. The third-order valence-electron chi connectivity index (χ3n) is 6.96. The van der Waals surface area contributed by atoms with E-state index in [1.807, 2.05) is 30.3 Å². The Morgan fingerprint density at radius 2 is 1.70 bits per heavy atom. The van der Waals surface area contributed by atoms with Gasteiger partial charge in [0.15, 0.2) is 6.10 Å². The van der Waals surface area contributed by atoms with E-state index in [1.54, 1.807) is 55.5 Å². The van der Waals surface area contributed by atoms with E-state index in [0.717, 1.165) is 9.87 Å². The molecule has 1 atom stereocenters. The fourth-order valence-corrected chi connectivity index (χ4v) is 6.52. The van der Waals surface area contributed by atoms with Gasteiger partial charge in [-0.15, -0.1) is 0 Å². The number of amides is 2. The van der Waals surface area contributed by atoms with Gasteiger partial charge < -0.3 is 19.7 Å². The first kappa shape index (κ1) is 29.9. The number of aryl methyl sites for hydroxylation is 1. The van der Waals surface area contributed by atoms with E-state index in [9.17, 15) is 18.0 Å². The third kappa shape index (κ3) is 6.60. The number of carbonyl (C=O) groups is 2. The van der Waals surface area contributed by atoms with Crippen molar-refractivity contribution in [1.29, 1.82) is 0 Å². The van der Waals surface area contributed by atoms with Crippen LogP contribution in [0.4, 0.5) is 11.4 Å². The Bertz CT molecular complexity index is 1730. The summed E-state index contributed by atoms with van der Waals surface area (Å²) in [5, 5.41) is 3.27. The summed E-state index contributed by atoms with van der Waals surface area (Å²) < 4.78 is 40.7. The molecule has 0 fully saturated rings. The lowest BCUT2D eigenvalue weighted by Gasteiger charge is -2.35. The Morgan fingerprint density at radius 3 is 2.42 bits per heavy atom. The van der Waals surface area contributed by atoms with Gasteiger partial charge in [-0.1, -0.05) is 60.1 Å². The highest BCUT2D eigenvalue weighted by atomic mass is 35.5. The van der Waals surface area contributed by atoms with Crippen molar-refractivity contribution in [2.24, 2.45) is 0 Å². The molecule has 0 saturated heterocycles. The number of nitrogens with zero attached hydrogens (tertiary/aromatic N) is 2. The zero-order chi connectivity index (χ0) is 30.6.